The van der Waals surface area contributed by atoms with E-state index >= 15 is 0 Å². The van der Waals surface area contributed by atoms with Gasteiger partial charge in [0, 0.05) is 6.54 Å². The van der Waals surface area contributed by atoms with Crippen LogP contribution < -0.4 is 5.32 Å². The monoisotopic (exact) mass is 214 g/mol. The van der Waals surface area contributed by atoms with Crippen LogP contribution in [0.25, 0.3) is 0 Å². The summed E-state index contributed by atoms with van der Waals surface area (Å²) >= 11 is 0. The fraction of sp³-hybridized carbons (Fsp3) is 0.500. The summed E-state index contributed by atoms with van der Waals surface area (Å²) in [6.07, 6.45) is 5.40. The molecule has 1 aromatic carbocycles. The van der Waals surface area contributed by atoms with Crippen LogP contribution in [-0.4, -0.2) is 6.54 Å². The summed E-state index contributed by atoms with van der Waals surface area (Å²) in [5.41, 5.74) is 2.89. The molecule has 0 aliphatic heterocycles. The van der Waals surface area contributed by atoms with Gasteiger partial charge < -0.3 is 5.32 Å². The van der Waals surface area contributed by atoms with Crippen molar-refractivity contribution in [2.75, 3.05) is 11.9 Å². The number of anilines is 1. The van der Waals surface area contributed by atoms with E-state index in [0.29, 0.717) is 0 Å². The SMILES string of the molecule is Cc1ccc(NCC2CCCC2)c(C#N)c1. The highest BCUT2D eigenvalue weighted by atomic mass is 14.9. The number of hydrogen-bond acceptors (Lipinski definition) is 2. The fourth-order valence-corrected chi connectivity index (χ4v) is 2.37. The van der Waals surface area contributed by atoms with E-state index in [4.69, 9.17) is 5.26 Å². The van der Waals surface area contributed by atoms with Gasteiger partial charge in [-0.2, -0.15) is 5.26 Å². The van der Waals surface area contributed by atoms with Gasteiger partial charge in [0.25, 0.3) is 0 Å². The van der Waals surface area contributed by atoms with E-state index in [9.17, 15) is 0 Å². The Morgan fingerprint density at radius 1 is 1.38 bits per heavy atom. The van der Waals surface area contributed by atoms with Crippen LogP contribution in [0.15, 0.2) is 18.2 Å². The molecule has 0 spiro atoms. The van der Waals surface area contributed by atoms with Crippen molar-refractivity contribution in [3.63, 3.8) is 0 Å². The van der Waals surface area contributed by atoms with Crippen molar-refractivity contribution in [1.82, 2.24) is 0 Å². The lowest BCUT2D eigenvalue weighted by atomic mass is 10.1. The lowest BCUT2D eigenvalue weighted by Crippen LogP contribution is -2.11. The second kappa shape index (κ2) is 5.03. The molecular weight excluding hydrogens is 196 g/mol. The Balaban J connectivity index is 2.00. The molecule has 2 heteroatoms. The number of hydrogen-bond donors (Lipinski definition) is 1. The van der Waals surface area contributed by atoms with Crippen LogP contribution in [0.1, 0.15) is 36.8 Å². The summed E-state index contributed by atoms with van der Waals surface area (Å²) in [5, 5.41) is 12.5. The van der Waals surface area contributed by atoms with Gasteiger partial charge >= 0.3 is 0 Å². The Labute approximate surface area is 97.3 Å². The molecule has 0 atom stereocenters. The maximum Gasteiger partial charge on any atom is 0.101 e. The average Bonchev–Trinajstić information content (AvgIpc) is 2.80. The average molecular weight is 214 g/mol. The first-order valence-corrected chi connectivity index (χ1v) is 6.04. The normalized spacial score (nSPS) is 16.0. The molecule has 0 radical (unpaired) electrons. The molecule has 1 N–H and O–H groups in total. The second-order valence-electron chi connectivity index (χ2n) is 4.69. The van der Waals surface area contributed by atoms with Crippen LogP contribution >= 0.6 is 0 Å². The Kier molecular flexibility index (Phi) is 3.46. The van der Waals surface area contributed by atoms with E-state index in [2.05, 4.69) is 17.5 Å². The van der Waals surface area contributed by atoms with Gasteiger partial charge in [0.1, 0.15) is 6.07 Å². The minimum atomic E-state index is 0.762. The van der Waals surface area contributed by atoms with Crippen molar-refractivity contribution in [1.29, 1.82) is 5.26 Å². The molecular formula is C14H18N2. The second-order valence-corrected chi connectivity index (χ2v) is 4.69. The standard InChI is InChI=1S/C14H18N2/c1-11-6-7-14(13(8-11)9-15)16-10-12-4-2-3-5-12/h6-8,12,16H,2-5,10H2,1H3. The Hall–Kier alpha value is -1.49. The van der Waals surface area contributed by atoms with Crippen LogP contribution in [-0.2, 0) is 0 Å². The molecule has 0 saturated heterocycles. The van der Waals surface area contributed by atoms with E-state index in [1.165, 1.54) is 25.7 Å². The minimum Gasteiger partial charge on any atom is -0.384 e. The highest BCUT2D eigenvalue weighted by Crippen LogP contribution is 2.25. The molecule has 1 fully saturated rings. The molecule has 0 unspecified atom stereocenters. The van der Waals surface area contributed by atoms with Crippen molar-refractivity contribution < 1.29 is 0 Å². The molecule has 2 rings (SSSR count). The van der Waals surface area contributed by atoms with Gasteiger partial charge in [-0.1, -0.05) is 18.9 Å². The van der Waals surface area contributed by atoms with Crippen molar-refractivity contribution in [2.45, 2.75) is 32.6 Å². The fourth-order valence-electron chi connectivity index (χ4n) is 2.37. The summed E-state index contributed by atoms with van der Waals surface area (Å²) in [5.74, 6) is 0.799. The minimum absolute atomic E-state index is 0.762. The molecule has 1 aromatic rings. The number of benzene rings is 1. The molecule has 0 amide bonds. The third-order valence-corrected chi connectivity index (χ3v) is 3.35. The molecule has 16 heavy (non-hydrogen) atoms. The number of nitrogens with zero attached hydrogens (tertiary/aromatic N) is 1. The molecule has 1 aliphatic rings. The van der Waals surface area contributed by atoms with Crippen LogP contribution in [0.4, 0.5) is 5.69 Å². The predicted octanol–water partition coefficient (Wildman–Crippen LogP) is 3.47. The van der Waals surface area contributed by atoms with E-state index in [-0.39, 0.29) is 0 Å². The van der Waals surface area contributed by atoms with E-state index < -0.39 is 0 Å². The maximum atomic E-state index is 9.04. The highest BCUT2D eigenvalue weighted by molar-refractivity contribution is 5.58. The Bertz CT molecular complexity index is 398. The van der Waals surface area contributed by atoms with Crippen molar-refractivity contribution >= 4 is 5.69 Å². The van der Waals surface area contributed by atoms with Crippen LogP contribution in [0.2, 0.25) is 0 Å². The zero-order valence-electron chi connectivity index (χ0n) is 9.79. The first-order chi connectivity index (χ1) is 7.79. The Morgan fingerprint density at radius 2 is 2.12 bits per heavy atom. The summed E-state index contributed by atoms with van der Waals surface area (Å²) < 4.78 is 0. The number of nitriles is 1. The van der Waals surface area contributed by atoms with Gasteiger partial charge in [-0.15, -0.1) is 0 Å². The van der Waals surface area contributed by atoms with Crippen LogP contribution in [0.5, 0.6) is 0 Å². The molecule has 0 heterocycles. The molecule has 1 saturated carbocycles. The topological polar surface area (TPSA) is 35.8 Å². The van der Waals surface area contributed by atoms with Gasteiger partial charge in [-0.25, -0.2) is 0 Å². The lowest BCUT2D eigenvalue weighted by molar-refractivity contribution is 0.580. The van der Waals surface area contributed by atoms with Gasteiger partial charge in [-0.3, -0.25) is 0 Å². The molecule has 0 bridgehead atoms. The largest absolute Gasteiger partial charge is 0.384 e. The Morgan fingerprint density at radius 3 is 2.81 bits per heavy atom. The third kappa shape index (κ3) is 2.55. The number of aryl methyl sites for hydroxylation is 1. The summed E-state index contributed by atoms with van der Waals surface area (Å²) in [4.78, 5) is 0. The molecule has 0 aromatic heterocycles. The van der Waals surface area contributed by atoms with Crippen LogP contribution in [0.3, 0.4) is 0 Å². The van der Waals surface area contributed by atoms with Gasteiger partial charge in [-0.05, 0) is 43.4 Å². The molecule has 1 aliphatic carbocycles. The number of nitrogens with one attached hydrogen (secondary N) is 1. The molecule has 2 nitrogen and oxygen atoms in total. The van der Waals surface area contributed by atoms with E-state index in [0.717, 1.165) is 29.3 Å². The summed E-state index contributed by atoms with van der Waals surface area (Å²) in [7, 11) is 0. The van der Waals surface area contributed by atoms with Gasteiger partial charge in [0.05, 0.1) is 11.3 Å². The quantitative estimate of drug-likeness (QED) is 0.836. The van der Waals surface area contributed by atoms with Crippen molar-refractivity contribution in [3.8, 4) is 6.07 Å². The predicted molar refractivity (Wildman–Crippen MR) is 66.3 cm³/mol. The zero-order chi connectivity index (χ0) is 11.4. The first kappa shape index (κ1) is 11.0. The van der Waals surface area contributed by atoms with Crippen molar-refractivity contribution in [3.05, 3.63) is 29.3 Å². The summed E-state index contributed by atoms with van der Waals surface area (Å²) in [6.45, 7) is 3.03. The van der Waals surface area contributed by atoms with Gasteiger partial charge in [0.2, 0.25) is 0 Å². The first-order valence-electron chi connectivity index (χ1n) is 6.04. The highest BCUT2D eigenvalue weighted by Gasteiger charge is 2.14. The smallest absolute Gasteiger partial charge is 0.101 e. The van der Waals surface area contributed by atoms with E-state index in [1.54, 1.807) is 0 Å². The third-order valence-electron chi connectivity index (χ3n) is 3.35. The van der Waals surface area contributed by atoms with Crippen molar-refractivity contribution in [2.24, 2.45) is 5.92 Å². The number of rotatable bonds is 3. The summed E-state index contributed by atoms with van der Waals surface area (Å²) in [6, 6.07) is 8.26. The zero-order valence-corrected chi connectivity index (χ0v) is 9.79. The van der Waals surface area contributed by atoms with Gasteiger partial charge in [0.15, 0.2) is 0 Å². The molecule has 84 valence electrons. The maximum absolute atomic E-state index is 9.04. The lowest BCUT2D eigenvalue weighted by Gasteiger charge is -2.13. The van der Waals surface area contributed by atoms with Crippen LogP contribution in [0, 0.1) is 24.2 Å². The van der Waals surface area contributed by atoms with E-state index in [1.807, 2.05) is 19.1 Å².